The topological polar surface area (TPSA) is 42.4 Å². The second-order valence-corrected chi connectivity index (χ2v) is 9.00. The molecule has 5 aliphatic rings. The van der Waals surface area contributed by atoms with Crippen LogP contribution in [0.25, 0.3) is 0 Å². The van der Waals surface area contributed by atoms with E-state index < -0.39 is 0 Å². The second-order valence-electron chi connectivity index (χ2n) is 9.00. The van der Waals surface area contributed by atoms with E-state index in [0.29, 0.717) is 5.91 Å². The van der Waals surface area contributed by atoms with Crippen molar-refractivity contribution >= 4 is 5.91 Å². The molecular weight excluding hydrogens is 312 g/mol. The van der Waals surface area contributed by atoms with Gasteiger partial charge in [0.1, 0.15) is 11.9 Å². The number of hydrogen-bond acceptors (Lipinski definition) is 3. The summed E-state index contributed by atoms with van der Waals surface area (Å²) >= 11 is 0. The summed E-state index contributed by atoms with van der Waals surface area (Å²) in [6.45, 7) is 1.71. The second kappa shape index (κ2) is 6.00. The maximum Gasteiger partial charge on any atom is 0.228 e. The SMILES string of the molecule is O=C(N1CCC(Oc2cccnc2)CC1)C12CC3CC(CC(C3)C1)C2. The predicted octanol–water partition coefficient (Wildman–Crippen LogP) is 3.67. The molecule has 0 aromatic carbocycles. The van der Waals surface area contributed by atoms with Crippen LogP contribution >= 0.6 is 0 Å². The monoisotopic (exact) mass is 340 g/mol. The van der Waals surface area contributed by atoms with E-state index >= 15 is 0 Å². The average Bonchev–Trinajstić information content (AvgIpc) is 2.61. The Morgan fingerprint density at radius 2 is 1.72 bits per heavy atom. The highest BCUT2D eigenvalue weighted by atomic mass is 16.5. The number of aromatic nitrogens is 1. The summed E-state index contributed by atoms with van der Waals surface area (Å²) in [7, 11) is 0. The Morgan fingerprint density at radius 3 is 2.28 bits per heavy atom. The molecule has 1 aliphatic heterocycles. The minimum atomic E-state index is 0.00575. The molecule has 2 heterocycles. The van der Waals surface area contributed by atoms with Crippen LogP contribution in [-0.2, 0) is 4.79 Å². The molecule has 0 atom stereocenters. The van der Waals surface area contributed by atoms with Gasteiger partial charge in [-0.05, 0) is 68.4 Å². The summed E-state index contributed by atoms with van der Waals surface area (Å²) in [5.74, 6) is 3.82. The normalized spacial score (nSPS) is 37.3. The van der Waals surface area contributed by atoms with Crippen molar-refractivity contribution in [2.45, 2.75) is 57.5 Å². The zero-order chi connectivity index (χ0) is 16.9. The first-order chi connectivity index (χ1) is 12.2. The Morgan fingerprint density at radius 1 is 1.08 bits per heavy atom. The van der Waals surface area contributed by atoms with Crippen molar-refractivity contribution in [3.05, 3.63) is 24.5 Å². The molecule has 0 spiro atoms. The number of rotatable bonds is 3. The molecule has 25 heavy (non-hydrogen) atoms. The Hall–Kier alpha value is -1.58. The van der Waals surface area contributed by atoms with Gasteiger partial charge < -0.3 is 9.64 Å². The number of piperidine rings is 1. The van der Waals surface area contributed by atoms with Crippen LogP contribution in [0.5, 0.6) is 5.75 Å². The van der Waals surface area contributed by atoms with Crippen molar-refractivity contribution in [3.8, 4) is 5.75 Å². The quantitative estimate of drug-likeness (QED) is 0.843. The van der Waals surface area contributed by atoms with E-state index in [0.717, 1.165) is 49.4 Å². The first-order valence-corrected chi connectivity index (χ1v) is 10.1. The molecule has 6 rings (SSSR count). The molecular formula is C21H28N2O2. The van der Waals surface area contributed by atoms with E-state index in [1.165, 1.54) is 38.5 Å². The van der Waals surface area contributed by atoms with Gasteiger partial charge in [-0.15, -0.1) is 0 Å². The molecule has 1 amide bonds. The maximum atomic E-state index is 13.4. The molecule has 0 unspecified atom stereocenters. The number of amides is 1. The molecule has 4 heteroatoms. The van der Waals surface area contributed by atoms with Gasteiger partial charge in [0.15, 0.2) is 0 Å². The summed E-state index contributed by atoms with van der Waals surface area (Å²) < 4.78 is 6.03. The van der Waals surface area contributed by atoms with E-state index in [4.69, 9.17) is 4.74 Å². The minimum Gasteiger partial charge on any atom is -0.489 e. The fourth-order valence-electron chi connectivity index (χ4n) is 6.49. The highest BCUT2D eigenvalue weighted by molar-refractivity contribution is 5.83. The van der Waals surface area contributed by atoms with Gasteiger partial charge in [0.2, 0.25) is 5.91 Å². The van der Waals surface area contributed by atoms with Gasteiger partial charge in [-0.25, -0.2) is 0 Å². The van der Waals surface area contributed by atoms with Crippen LogP contribution in [0.3, 0.4) is 0 Å². The van der Waals surface area contributed by atoms with E-state index in [-0.39, 0.29) is 11.5 Å². The van der Waals surface area contributed by atoms with Crippen molar-refractivity contribution in [1.82, 2.24) is 9.88 Å². The molecule has 1 aromatic rings. The minimum absolute atomic E-state index is 0.00575. The van der Waals surface area contributed by atoms with Crippen molar-refractivity contribution < 1.29 is 9.53 Å². The van der Waals surface area contributed by atoms with E-state index in [2.05, 4.69) is 9.88 Å². The van der Waals surface area contributed by atoms with E-state index in [9.17, 15) is 4.79 Å². The molecule has 1 aromatic heterocycles. The van der Waals surface area contributed by atoms with Crippen LogP contribution in [0, 0.1) is 23.2 Å². The molecule has 4 bridgehead atoms. The number of pyridine rings is 1. The lowest BCUT2D eigenvalue weighted by Crippen LogP contribution is -2.56. The molecule has 5 fully saturated rings. The van der Waals surface area contributed by atoms with Gasteiger partial charge in [-0.1, -0.05) is 0 Å². The third-order valence-corrected chi connectivity index (χ3v) is 7.16. The summed E-state index contributed by atoms with van der Waals surface area (Å²) in [6.07, 6.45) is 13.3. The lowest BCUT2D eigenvalue weighted by molar-refractivity contribution is -0.159. The number of carbonyl (C=O) groups excluding carboxylic acids is 1. The highest BCUT2D eigenvalue weighted by Crippen LogP contribution is 2.60. The number of likely N-dealkylation sites (tertiary alicyclic amines) is 1. The smallest absolute Gasteiger partial charge is 0.228 e. The van der Waals surface area contributed by atoms with Crippen LogP contribution in [0.4, 0.5) is 0 Å². The molecule has 4 aliphatic carbocycles. The van der Waals surface area contributed by atoms with Crippen LogP contribution < -0.4 is 4.74 Å². The number of hydrogen-bond donors (Lipinski definition) is 0. The first kappa shape index (κ1) is 15.7. The Bertz CT molecular complexity index is 601. The fraction of sp³-hybridized carbons (Fsp3) is 0.714. The molecule has 134 valence electrons. The third-order valence-electron chi connectivity index (χ3n) is 7.16. The van der Waals surface area contributed by atoms with Gasteiger partial charge in [0, 0.05) is 32.1 Å². The van der Waals surface area contributed by atoms with Crippen LogP contribution in [0.2, 0.25) is 0 Å². The standard InChI is InChI=1S/C21H28N2O2/c24-20(21-11-15-8-16(12-21)10-17(9-15)13-21)23-6-3-18(4-7-23)25-19-2-1-5-22-14-19/h1-2,5,14-18H,3-4,6-13H2. The van der Waals surface area contributed by atoms with Crippen LogP contribution in [-0.4, -0.2) is 35.0 Å². The Labute approximate surface area is 150 Å². The zero-order valence-electron chi connectivity index (χ0n) is 14.9. The number of carbonyl (C=O) groups is 1. The van der Waals surface area contributed by atoms with Gasteiger partial charge >= 0.3 is 0 Å². The lowest BCUT2D eigenvalue weighted by Gasteiger charge is -2.57. The largest absolute Gasteiger partial charge is 0.489 e. The Kier molecular flexibility index (Phi) is 3.76. The summed E-state index contributed by atoms with van der Waals surface area (Å²) in [6, 6.07) is 3.86. The average molecular weight is 340 g/mol. The van der Waals surface area contributed by atoms with Crippen molar-refractivity contribution in [3.63, 3.8) is 0 Å². The van der Waals surface area contributed by atoms with Gasteiger partial charge in [-0.3, -0.25) is 9.78 Å². The molecule has 0 N–H and O–H groups in total. The Balaban J connectivity index is 1.22. The molecule has 0 radical (unpaired) electrons. The van der Waals surface area contributed by atoms with E-state index in [1.54, 1.807) is 12.4 Å². The van der Waals surface area contributed by atoms with Crippen LogP contribution in [0.15, 0.2) is 24.5 Å². The highest BCUT2D eigenvalue weighted by Gasteiger charge is 2.55. The van der Waals surface area contributed by atoms with E-state index in [1.807, 2.05) is 12.1 Å². The summed E-state index contributed by atoms with van der Waals surface area (Å²) in [5, 5.41) is 0. The summed E-state index contributed by atoms with van der Waals surface area (Å²) in [4.78, 5) is 19.7. The molecule has 1 saturated heterocycles. The fourth-order valence-corrected chi connectivity index (χ4v) is 6.49. The first-order valence-electron chi connectivity index (χ1n) is 10.1. The van der Waals surface area contributed by atoms with Gasteiger partial charge in [0.25, 0.3) is 0 Å². The number of ether oxygens (including phenoxy) is 1. The third kappa shape index (κ3) is 2.84. The lowest BCUT2D eigenvalue weighted by atomic mass is 9.49. The maximum absolute atomic E-state index is 13.4. The van der Waals surface area contributed by atoms with Gasteiger partial charge in [0.05, 0.1) is 11.6 Å². The van der Waals surface area contributed by atoms with Gasteiger partial charge in [-0.2, -0.15) is 0 Å². The van der Waals surface area contributed by atoms with Crippen molar-refractivity contribution in [2.75, 3.05) is 13.1 Å². The predicted molar refractivity (Wildman–Crippen MR) is 95.1 cm³/mol. The molecule has 4 saturated carbocycles. The summed E-state index contributed by atoms with van der Waals surface area (Å²) in [5.41, 5.74) is 0.00575. The van der Waals surface area contributed by atoms with Crippen molar-refractivity contribution in [2.24, 2.45) is 23.2 Å². The molecule has 4 nitrogen and oxygen atoms in total. The number of nitrogens with zero attached hydrogens (tertiary/aromatic N) is 2. The van der Waals surface area contributed by atoms with Crippen molar-refractivity contribution in [1.29, 1.82) is 0 Å². The van der Waals surface area contributed by atoms with Crippen LogP contribution in [0.1, 0.15) is 51.4 Å². The zero-order valence-corrected chi connectivity index (χ0v) is 14.9.